The average Bonchev–Trinajstić information content (AvgIpc) is 4.17. The van der Waals surface area contributed by atoms with Crippen LogP contribution in [-0.4, -0.2) is 6.41 Å². The van der Waals surface area contributed by atoms with Crippen LogP contribution in [0.3, 0.4) is 0 Å². The maximum Gasteiger partial charge on any atom is -0.0771 e. The second-order valence-electron chi connectivity index (χ2n) is 17.6. The first-order valence-corrected chi connectivity index (χ1v) is 26.5. The fraction of sp³-hybridized carbons (Fsp3) is 0.118. The Morgan fingerprint density at radius 1 is 0.333 bits per heavy atom. The molecule has 0 fully saturated rings. The molecule has 2 atom stereocenters. The van der Waals surface area contributed by atoms with Gasteiger partial charge in [-0.25, -0.2) is 23.3 Å². The minimum absolute atomic E-state index is 0. The summed E-state index contributed by atoms with van der Waals surface area (Å²) < 4.78 is 2.83. The summed E-state index contributed by atoms with van der Waals surface area (Å²) >= 11 is 2.92. The van der Waals surface area contributed by atoms with Gasteiger partial charge in [0, 0.05) is 0 Å². The van der Waals surface area contributed by atoms with Crippen molar-refractivity contribution in [3.05, 3.63) is 299 Å². The van der Waals surface area contributed by atoms with Crippen molar-refractivity contribution in [2.75, 3.05) is 0 Å². The van der Waals surface area contributed by atoms with Crippen LogP contribution in [0.2, 0.25) is 0 Å². The second kappa shape index (κ2) is 29.3. The van der Waals surface area contributed by atoms with Crippen molar-refractivity contribution in [1.82, 2.24) is 0 Å². The molecule has 0 nitrogen and oxygen atoms in total. The van der Waals surface area contributed by atoms with Crippen LogP contribution in [0.1, 0.15) is 63.8 Å². The molecule has 0 amide bonds. The molecule has 0 heterocycles. The molecular formula is C68H60Cl2Zr2-2. The van der Waals surface area contributed by atoms with Crippen molar-refractivity contribution in [3.63, 3.8) is 0 Å². The van der Waals surface area contributed by atoms with Gasteiger partial charge < -0.3 is 24.8 Å². The summed E-state index contributed by atoms with van der Waals surface area (Å²) in [7, 11) is 0. The van der Waals surface area contributed by atoms with Gasteiger partial charge in [0.1, 0.15) is 0 Å². The smallest absolute Gasteiger partial charge is 0.0771 e. The van der Waals surface area contributed by atoms with Crippen molar-refractivity contribution < 1.29 is 73.3 Å². The van der Waals surface area contributed by atoms with E-state index >= 15 is 0 Å². The van der Waals surface area contributed by atoms with Crippen molar-refractivity contribution >= 4 is 49.5 Å². The molecule has 12 rings (SSSR count). The average molecular weight is 1130 g/mol. The Morgan fingerprint density at radius 2 is 0.542 bits per heavy atom. The van der Waals surface area contributed by atoms with E-state index in [0.717, 1.165) is 0 Å². The maximum absolute atomic E-state index is 3.22. The predicted molar refractivity (Wildman–Crippen MR) is 297 cm³/mol. The minimum Gasteiger partial charge on any atom is -0.126 e. The zero-order valence-electron chi connectivity index (χ0n) is 42.0. The van der Waals surface area contributed by atoms with E-state index in [2.05, 4.69) is 296 Å². The summed E-state index contributed by atoms with van der Waals surface area (Å²) in [4.78, 5) is 0. The van der Waals surface area contributed by atoms with Crippen molar-refractivity contribution in [2.24, 2.45) is 11.8 Å². The standard InChI is InChI=1S/2C13H9.2C13H10.2C8H11.2ClH.2Zr/c2*1-3-7-12-10(5-1)9-11-6-2-4-8-13(11)12;2*1-3-7-12(8-4-1)11-13-9-5-2-6-10-13;2*1-6-4-5-7(2)8(6)3;;;;/h2*1-9H;2*1-10H;2*4,7H,1-3H3;2*1H;;/q2*-1;;;2*-1;;;2*+2/p-2. The molecule has 0 saturated heterocycles. The summed E-state index contributed by atoms with van der Waals surface area (Å²) in [5.41, 5.74) is 11.0. The van der Waals surface area contributed by atoms with E-state index in [0.29, 0.717) is 11.8 Å². The van der Waals surface area contributed by atoms with Crippen LogP contribution in [0.4, 0.5) is 0 Å². The first kappa shape index (κ1) is 57.4. The Morgan fingerprint density at radius 3 is 0.722 bits per heavy atom. The molecule has 2 aliphatic carbocycles. The molecule has 0 saturated carbocycles. The van der Waals surface area contributed by atoms with E-state index in [1.54, 1.807) is 0 Å². The first-order valence-electron chi connectivity index (χ1n) is 24.1. The number of benzene rings is 8. The van der Waals surface area contributed by atoms with Crippen LogP contribution in [0, 0.1) is 24.0 Å². The molecule has 0 bridgehead atoms. The summed E-state index contributed by atoms with van der Waals surface area (Å²) in [5, 5.41) is 10.8. The monoisotopic (exact) mass is 1130 g/mol. The molecular weight excluding hydrogens is 1070 g/mol. The van der Waals surface area contributed by atoms with E-state index in [1.807, 2.05) is 0 Å². The van der Waals surface area contributed by atoms with Crippen molar-refractivity contribution in [2.45, 2.75) is 41.5 Å². The number of hydrogen-bond acceptors (Lipinski definition) is 0. The molecule has 2 unspecified atom stereocenters. The van der Waals surface area contributed by atoms with Gasteiger partial charge in [0.25, 0.3) is 0 Å². The quantitative estimate of drug-likeness (QED) is 0.154. The minimum atomic E-state index is 0. The zero-order valence-corrected chi connectivity index (χ0v) is 48.4. The summed E-state index contributed by atoms with van der Waals surface area (Å²) in [6.45, 7) is 12.9. The van der Waals surface area contributed by atoms with Crippen LogP contribution in [0.5, 0.6) is 0 Å². The fourth-order valence-electron chi connectivity index (χ4n) is 8.22. The number of halogens is 2. The Balaban J connectivity index is 0.000000162. The number of fused-ring (bicyclic) bond motifs is 6. The topological polar surface area (TPSA) is 0 Å². The van der Waals surface area contributed by atoms with Crippen LogP contribution in [0.15, 0.2) is 265 Å². The molecule has 0 radical (unpaired) electrons. The Labute approximate surface area is 471 Å². The molecule has 0 aromatic heterocycles. The SMILES string of the molecule is CC1=C(C)C(C)[C-]=C1.CC1=C(C)C(C)[C-]=C1.[Cl-].[Cl-].[Zr+2]=[C](c1ccccc1)c1ccccc1.[Zr+2]=[C](c1ccccc1)c1ccccc1.c1ccc2c(c1)[cH-]c1ccccc12.c1ccc2c(c1)[cH-]c1ccccc12. The van der Waals surface area contributed by atoms with Gasteiger partial charge in [0.15, 0.2) is 0 Å². The van der Waals surface area contributed by atoms with Crippen molar-refractivity contribution in [1.29, 1.82) is 0 Å². The summed E-state index contributed by atoms with van der Waals surface area (Å²) in [6.07, 6.45) is 10.6. The molecule has 10 aromatic rings. The van der Waals surface area contributed by atoms with Crippen LogP contribution < -0.4 is 24.8 Å². The van der Waals surface area contributed by atoms with E-state index in [4.69, 9.17) is 0 Å². The molecule has 0 aliphatic heterocycles. The number of allylic oxidation sites excluding steroid dienone is 8. The van der Waals surface area contributed by atoms with Gasteiger partial charge in [-0.1, -0.05) is 112 Å². The van der Waals surface area contributed by atoms with E-state index in [9.17, 15) is 0 Å². The maximum atomic E-state index is 3.22. The van der Waals surface area contributed by atoms with Gasteiger partial charge in [-0.15, -0.1) is 93.3 Å². The molecule has 2 aliphatic rings. The van der Waals surface area contributed by atoms with Gasteiger partial charge in [-0.3, -0.25) is 12.2 Å². The third-order valence-corrected chi connectivity index (χ3v) is 15.8. The fourth-order valence-corrected chi connectivity index (χ4v) is 9.86. The van der Waals surface area contributed by atoms with Gasteiger partial charge in [0.2, 0.25) is 0 Å². The van der Waals surface area contributed by atoms with Gasteiger partial charge in [-0.2, -0.15) is 11.1 Å². The van der Waals surface area contributed by atoms with Gasteiger partial charge >= 0.3 is 198 Å². The molecule has 72 heavy (non-hydrogen) atoms. The molecule has 10 aromatic carbocycles. The molecule has 4 heteroatoms. The van der Waals surface area contributed by atoms with Crippen LogP contribution in [0.25, 0.3) is 43.1 Å². The second-order valence-corrected chi connectivity index (χ2v) is 20.1. The number of rotatable bonds is 4. The predicted octanol–water partition coefficient (Wildman–Crippen LogP) is 11.7. The van der Waals surface area contributed by atoms with Gasteiger partial charge in [0.05, 0.1) is 0 Å². The third kappa shape index (κ3) is 15.8. The Hall–Kier alpha value is -5.45. The van der Waals surface area contributed by atoms with Gasteiger partial charge in [-0.05, 0) is 0 Å². The third-order valence-electron chi connectivity index (χ3n) is 12.9. The summed E-state index contributed by atoms with van der Waals surface area (Å²) in [5.74, 6) is 1.13. The zero-order chi connectivity index (χ0) is 49.2. The largest absolute Gasteiger partial charge is 0.126 e. The first-order chi connectivity index (χ1) is 34.1. The van der Waals surface area contributed by atoms with Crippen LogP contribution in [-0.2, 0) is 48.5 Å². The van der Waals surface area contributed by atoms with E-state index < -0.39 is 0 Å². The Kier molecular flexibility index (Phi) is 23.4. The normalized spacial score (nSPS) is 14.0. The van der Waals surface area contributed by atoms with Crippen LogP contribution >= 0.6 is 0 Å². The van der Waals surface area contributed by atoms with Crippen molar-refractivity contribution in [3.8, 4) is 0 Å². The number of hydrogen-bond donors (Lipinski definition) is 0. The Bertz CT molecular complexity index is 2990. The van der Waals surface area contributed by atoms with E-state index in [1.165, 1.54) is 143 Å². The molecule has 356 valence electrons. The molecule has 0 spiro atoms. The summed E-state index contributed by atoms with van der Waals surface area (Å²) in [6, 6.07) is 80.8. The van der Waals surface area contributed by atoms with E-state index in [-0.39, 0.29) is 24.8 Å². The molecule has 0 N–H and O–H groups in total.